The molecule has 0 unspecified atom stereocenters. The monoisotopic (exact) mass is 544 g/mol. The molecule has 30 heavy (non-hydrogen) atoms. The molecule has 3 rings (SSSR count). The van der Waals surface area contributed by atoms with Gasteiger partial charge in [0.2, 0.25) is 0 Å². The zero-order chi connectivity index (χ0) is 20.3. The molecule has 1 aliphatic rings. The van der Waals surface area contributed by atoms with Crippen molar-refractivity contribution < 1.29 is 9.47 Å². The minimum atomic E-state index is 0. The van der Waals surface area contributed by atoms with Gasteiger partial charge in [-0.05, 0) is 35.4 Å². The van der Waals surface area contributed by atoms with Crippen molar-refractivity contribution in [3.8, 4) is 5.75 Å². The molecule has 0 aliphatic carbocycles. The van der Waals surface area contributed by atoms with Gasteiger partial charge in [-0.25, -0.2) is 0 Å². The van der Waals surface area contributed by atoms with Crippen LogP contribution >= 0.6 is 35.6 Å². The largest absolute Gasteiger partial charge is 0.492 e. The normalized spacial score (nSPS) is 14.7. The van der Waals surface area contributed by atoms with Crippen LogP contribution in [-0.2, 0) is 17.8 Å². The van der Waals surface area contributed by atoms with Gasteiger partial charge in [-0.3, -0.25) is 9.89 Å². The highest BCUT2D eigenvalue weighted by Gasteiger charge is 2.09. The highest BCUT2D eigenvalue weighted by Crippen LogP contribution is 2.14. The predicted octanol–water partition coefficient (Wildman–Crippen LogP) is 3.53. The van der Waals surface area contributed by atoms with Crippen molar-refractivity contribution in [3.63, 3.8) is 0 Å². The molecule has 0 aromatic heterocycles. The van der Waals surface area contributed by atoms with E-state index in [4.69, 9.17) is 21.1 Å². The first-order valence-corrected chi connectivity index (χ1v) is 10.3. The summed E-state index contributed by atoms with van der Waals surface area (Å²) in [7, 11) is 1.76. The van der Waals surface area contributed by atoms with E-state index in [1.54, 1.807) is 7.05 Å². The number of nitrogens with zero attached hydrogens (tertiary/aromatic N) is 2. The van der Waals surface area contributed by atoms with E-state index in [1.165, 1.54) is 0 Å². The quantitative estimate of drug-likeness (QED) is 0.303. The summed E-state index contributed by atoms with van der Waals surface area (Å²) in [4.78, 5) is 6.64. The molecule has 0 bridgehead atoms. The van der Waals surface area contributed by atoms with Crippen LogP contribution in [0.25, 0.3) is 0 Å². The summed E-state index contributed by atoms with van der Waals surface area (Å²) < 4.78 is 11.3. The van der Waals surface area contributed by atoms with Gasteiger partial charge in [0.25, 0.3) is 0 Å². The number of halogens is 2. The minimum absolute atomic E-state index is 0. The van der Waals surface area contributed by atoms with Gasteiger partial charge in [0.1, 0.15) is 12.4 Å². The van der Waals surface area contributed by atoms with Crippen LogP contribution in [0, 0.1) is 0 Å². The summed E-state index contributed by atoms with van der Waals surface area (Å²) >= 11 is 6.04. The Balaban J connectivity index is 0.00000320. The molecule has 0 spiro atoms. The number of ether oxygens (including phenoxy) is 2. The third kappa shape index (κ3) is 8.67. The fourth-order valence-corrected chi connectivity index (χ4v) is 3.31. The Bertz CT molecular complexity index is 800. The van der Waals surface area contributed by atoms with E-state index >= 15 is 0 Å². The number of benzene rings is 2. The number of hydrogen-bond donors (Lipinski definition) is 2. The van der Waals surface area contributed by atoms with E-state index in [1.807, 2.05) is 36.4 Å². The molecule has 2 N–H and O–H groups in total. The Labute approximate surface area is 201 Å². The standard InChI is InChI=1S/C22H29ClN4O2.HI/c1-24-22(25-16-18-4-2-6-20(23)14-18)26-17-19-5-3-7-21(15-19)29-13-10-27-8-11-28-12-9-27;/h2-7,14-15H,8-13,16-17H2,1H3,(H2,24,25,26);1H. The summed E-state index contributed by atoms with van der Waals surface area (Å²) in [5.74, 6) is 1.63. The first kappa shape index (κ1) is 24.7. The topological polar surface area (TPSA) is 58.1 Å². The first-order chi connectivity index (χ1) is 14.2. The first-order valence-electron chi connectivity index (χ1n) is 9.94. The SMILES string of the molecule is CN=C(NCc1cccc(Cl)c1)NCc1cccc(OCCN2CCOCC2)c1.I. The molecule has 0 atom stereocenters. The zero-order valence-electron chi connectivity index (χ0n) is 17.3. The van der Waals surface area contributed by atoms with Crippen LogP contribution < -0.4 is 15.4 Å². The third-order valence-electron chi connectivity index (χ3n) is 4.71. The molecule has 2 aromatic carbocycles. The van der Waals surface area contributed by atoms with Crippen LogP contribution in [-0.4, -0.2) is 57.4 Å². The molecule has 8 heteroatoms. The fraction of sp³-hybridized carbons (Fsp3) is 0.409. The van der Waals surface area contributed by atoms with Crippen molar-refractivity contribution in [1.82, 2.24) is 15.5 Å². The van der Waals surface area contributed by atoms with Gasteiger partial charge in [-0.15, -0.1) is 24.0 Å². The lowest BCUT2D eigenvalue weighted by Gasteiger charge is -2.26. The second-order valence-electron chi connectivity index (χ2n) is 6.86. The van der Waals surface area contributed by atoms with Crippen LogP contribution in [0.2, 0.25) is 5.02 Å². The van der Waals surface area contributed by atoms with Gasteiger partial charge >= 0.3 is 0 Å². The predicted molar refractivity (Wildman–Crippen MR) is 133 cm³/mol. The summed E-state index contributed by atoms with van der Waals surface area (Å²) in [6.45, 7) is 6.51. The van der Waals surface area contributed by atoms with E-state index < -0.39 is 0 Å². The van der Waals surface area contributed by atoms with Crippen molar-refractivity contribution >= 4 is 41.5 Å². The number of nitrogens with one attached hydrogen (secondary N) is 2. The Morgan fingerprint density at radius 2 is 1.73 bits per heavy atom. The van der Waals surface area contributed by atoms with Crippen molar-refractivity contribution in [2.45, 2.75) is 13.1 Å². The molecule has 6 nitrogen and oxygen atoms in total. The van der Waals surface area contributed by atoms with Crippen molar-refractivity contribution in [2.24, 2.45) is 4.99 Å². The number of guanidine groups is 1. The fourth-order valence-electron chi connectivity index (χ4n) is 3.10. The van der Waals surface area contributed by atoms with Crippen molar-refractivity contribution in [2.75, 3.05) is 46.5 Å². The van der Waals surface area contributed by atoms with Gasteiger partial charge in [-0.2, -0.15) is 0 Å². The molecular weight excluding hydrogens is 515 g/mol. The zero-order valence-corrected chi connectivity index (χ0v) is 20.4. The molecule has 1 saturated heterocycles. The number of hydrogen-bond acceptors (Lipinski definition) is 4. The lowest BCUT2D eigenvalue weighted by atomic mass is 10.2. The number of morpholine rings is 1. The molecule has 0 saturated carbocycles. The second-order valence-corrected chi connectivity index (χ2v) is 7.30. The lowest BCUT2D eigenvalue weighted by Crippen LogP contribution is -2.38. The smallest absolute Gasteiger partial charge is 0.191 e. The highest BCUT2D eigenvalue weighted by atomic mass is 127. The maximum atomic E-state index is 6.04. The summed E-state index contributed by atoms with van der Waals surface area (Å²) in [5.41, 5.74) is 2.25. The van der Waals surface area contributed by atoms with E-state index in [0.29, 0.717) is 19.7 Å². The summed E-state index contributed by atoms with van der Waals surface area (Å²) in [6.07, 6.45) is 0. The summed E-state index contributed by atoms with van der Waals surface area (Å²) in [5, 5.41) is 7.37. The average molecular weight is 545 g/mol. The maximum Gasteiger partial charge on any atom is 0.191 e. The molecule has 0 radical (unpaired) electrons. The molecular formula is C22H30ClIN4O2. The molecule has 164 valence electrons. The van der Waals surface area contributed by atoms with E-state index in [9.17, 15) is 0 Å². The minimum Gasteiger partial charge on any atom is -0.492 e. The highest BCUT2D eigenvalue weighted by molar-refractivity contribution is 14.0. The van der Waals surface area contributed by atoms with E-state index in [-0.39, 0.29) is 24.0 Å². The molecule has 0 amide bonds. The van der Waals surface area contributed by atoms with E-state index in [0.717, 1.165) is 60.7 Å². The van der Waals surface area contributed by atoms with Gasteiger partial charge < -0.3 is 20.1 Å². The second kappa shape index (κ2) is 13.7. The molecule has 2 aromatic rings. The Morgan fingerprint density at radius 1 is 1.07 bits per heavy atom. The third-order valence-corrected chi connectivity index (χ3v) is 4.95. The van der Waals surface area contributed by atoms with E-state index in [2.05, 4.69) is 32.7 Å². The maximum absolute atomic E-state index is 6.04. The molecule has 1 heterocycles. The lowest BCUT2D eigenvalue weighted by molar-refractivity contribution is 0.0322. The number of rotatable bonds is 8. The molecule has 1 fully saturated rings. The van der Waals surface area contributed by atoms with Gasteiger partial charge in [-0.1, -0.05) is 35.9 Å². The van der Waals surface area contributed by atoms with Gasteiger partial charge in [0.05, 0.1) is 13.2 Å². The van der Waals surface area contributed by atoms with Crippen LogP contribution in [0.3, 0.4) is 0 Å². The van der Waals surface area contributed by atoms with Crippen LogP contribution in [0.5, 0.6) is 5.75 Å². The molecule has 1 aliphatic heterocycles. The average Bonchev–Trinajstić information content (AvgIpc) is 2.75. The van der Waals surface area contributed by atoms with Crippen LogP contribution in [0.1, 0.15) is 11.1 Å². The van der Waals surface area contributed by atoms with Gasteiger partial charge in [0.15, 0.2) is 5.96 Å². The Morgan fingerprint density at radius 3 is 2.40 bits per heavy atom. The Kier molecular flexibility index (Phi) is 11.3. The number of aliphatic imine (C=N–C) groups is 1. The van der Waals surface area contributed by atoms with Crippen LogP contribution in [0.4, 0.5) is 0 Å². The summed E-state index contributed by atoms with van der Waals surface area (Å²) in [6, 6.07) is 15.9. The van der Waals surface area contributed by atoms with Crippen molar-refractivity contribution in [1.29, 1.82) is 0 Å². The van der Waals surface area contributed by atoms with Gasteiger partial charge in [0, 0.05) is 44.8 Å². The van der Waals surface area contributed by atoms with Crippen molar-refractivity contribution in [3.05, 3.63) is 64.7 Å². The van der Waals surface area contributed by atoms with Crippen LogP contribution in [0.15, 0.2) is 53.5 Å². The Hall–Kier alpha value is -1.55.